The molecule has 3 aromatic carbocycles. The van der Waals surface area contributed by atoms with E-state index < -0.39 is 31.2 Å². The van der Waals surface area contributed by atoms with Crippen LogP contribution >= 0.6 is 7.92 Å². The molecule has 0 saturated carbocycles. The molecule has 0 atom stereocenters. The number of pyridine rings is 1. The van der Waals surface area contributed by atoms with Crippen molar-refractivity contribution in [3.05, 3.63) is 96.1 Å². The molecule has 6 heteroatoms. The monoisotopic (exact) mass is 385 g/mol. The molecule has 0 fully saturated rings. The van der Waals surface area contributed by atoms with Gasteiger partial charge >= 0.3 is 0 Å². The van der Waals surface area contributed by atoms with Gasteiger partial charge in [0.05, 0.1) is 11.0 Å². The maximum absolute atomic E-state index is 14.5. The van der Waals surface area contributed by atoms with Gasteiger partial charge in [0.1, 0.15) is 23.3 Å². The average molecular weight is 385 g/mol. The zero-order valence-corrected chi connectivity index (χ0v) is 14.7. The van der Waals surface area contributed by atoms with Crippen LogP contribution in [0.3, 0.4) is 0 Å². The summed E-state index contributed by atoms with van der Waals surface area (Å²) < 4.78 is 55.9. The van der Waals surface area contributed by atoms with E-state index in [2.05, 4.69) is 4.98 Å². The van der Waals surface area contributed by atoms with Crippen molar-refractivity contribution in [3.63, 3.8) is 0 Å². The highest BCUT2D eigenvalue weighted by molar-refractivity contribution is 7.79. The van der Waals surface area contributed by atoms with Crippen LogP contribution in [0.2, 0.25) is 0 Å². The van der Waals surface area contributed by atoms with Crippen molar-refractivity contribution < 1.29 is 17.6 Å². The highest BCUT2D eigenvalue weighted by Crippen LogP contribution is 2.35. The zero-order chi connectivity index (χ0) is 19.0. The summed E-state index contributed by atoms with van der Waals surface area (Å²) in [6, 6.07) is 17.2. The molecule has 0 amide bonds. The minimum Gasteiger partial charge on any atom is -0.247 e. The summed E-state index contributed by atoms with van der Waals surface area (Å²) in [5.74, 6) is -3.03. The second-order valence-electron chi connectivity index (χ2n) is 5.89. The van der Waals surface area contributed by atoms with E-state index in [1.54, 1.807) is 12.1 Å². The number of fused-ring (bicyclic) bond motifs is 1. The first-order valence-corrected chi connectivity index (χ1v) is 9.43. The number of rotatable bonds is 3. The van der Waals surface area contributed by atoms with Crippen LogP contribution in [0.15, 0.2) is 72.8 Å². The first-order chi connectivity index (χ1) is 13.0. The van der Waals surface area contributed by atoms with Crippen molar-refractivity contribution in [3.8, 4) is 0 Å². The van der Waals surface area contributed by atoms with E-state index in [-0.39, 0.29) is 10.6 Å². The van der Waals surface area contributed by atoms with Crippen LogP contribution in [0.5, 0.6) is 0 Å². The Balaban J connectivity index is 1.96. The van der Waals surface area contributed by atoms with Gasteiger partial charge in [0.15, 0.2) is 0 Å². The summed E-state index contributed by atoms with van der Waals surface area (Å²) in [6.07, 6.45) is 0. The number of hydrogen-bond acceptors (Lipinski definition) is 1. The molecule has 0 spiro atoms. The summed E-state index contributed by atoms with van der Waals surface area (Å²) in [4.78, 5) is 4.56. The third-order valence-corrected chi connectivity index (χ3v) is 6.51. The lowest BCUT2D eigenvalue weighted by Crippen LogP contribution is -2.27. The molecular weight excluding hydrogens is 373 g/mol. The number of aromatic nitrogens is 1. The van der Waals surface area contributed by atoms with E-state index in [4.69, 9.17) is 0 Å². The average Bonchev–Trinajstić information content (AvgIpc) is 2.65. The Bertz CT molecular complexity index is 1090. The number of hydrogen-bond donors (Lipinski definition) is 0. The number of nitrogens with zero attached hydrogens (tertiary/aromatic N) is 1. The first kappa shape index (κ1) is 17.6. The normalized spacial score (nSPS) is 11.3. The minimum atomic E-state index is -1.78. The standard InChI is InChI=1S/C21H12F4NP/c22-14-6-8-19(16(24)11-14)27(20-9-7-15(23)12-17(20)25)21-10-5-13-3-1-2-4-18(13)26-21/h1-12H. The van der Waals surface area contributed by atoms with Gasteiger partial charge < -0.3 is 0 Å². The van der Waals surface area contributed by atoms with E-state index in [9.17, 15) is 17.6 Å². The third-order valence-electron chi connectivity index (χ3n) is 4.11. The molecule has 0 radical (unpaired) electrons. The molecule has 4 aromatic rings. The number of benzene rings is 3. The topological polar surface area (TPSA) is 12.9 Å². The Labute approximate surface area is 154 Å². The number of para-hydroxylation sites is 1. The molecule has 0 aliphatic rings. The first-order valence-electron chi connectivity index (χ1n) is 8.09. The quantitative estimate of drug-likeness (QED) is 0.373. The van der Waals surface area contributed by atoms with Crippen LogP contribution in [0.4, 0.5) is 17.6 Å². The van der Waals surface area contributed by atoms with Crippen molar-refractivity contribution in [1.82, 2.24) is 4.98 Å². The molecule has 0 aliphatic carbocycles. The molecule has 27 heavy (non-hydrogen) atoms. The predicted octanol–water partition coefficient (Wildman–Crippen LogP) is 4.55. The molecule has 1 nitrogen and oxygen atoms in total. The summed E-state index contributed by atoms with van der Waals surface area (Å²) in [6.45, 7) is 0. The maximum Gasteiger partial charge on any atom is 0.134 e. The molecule has 0 aliphatic heterocycles. The largest absolute Gasteiger partial charge is 0.247 e. The molecule has 1 heterocycles. The van der Waals surface area contributed by atoms with E-state index in [0.29, 0.717) is 11.0 Å². The van der Waals surface area contributed by atoms with Gasteiger partial charge in [0.2, 0.25) is 0 Å². The van der Waals surface area contributed by atoms with Crippen LogP contribution in [0.1, 0.15) is 0 Å². The summed E-state index contributed by atoms with van der Waals surface area (Å²) in [5.41, 5.74) is 1.12. The van der Waals surface area contributed by atoms with E-state index in [1.165, 1.54) is 12.1 Å². The van der Waals surface area contributed by atoms with E-state index in [0.717, 1.165) is 29.7 Å². The second kappa shape index (κ2) is 7.09. The van der Waals surface area contributed by atoms with Gasteiger partial charge in [-0.25, -0.2) is 22.5 Å². The van der Waals surface area contributed by atoms with Crippen LogP contribution in [-0.4, -0.2) is 4.98 Å². The smallest absolute Gasteiger partial charge is 0.134 e. The molecule has 1 aromatic heterocycles. The molecule has 0 bridgehead atoms. The van der Waals surface area contributed by atoms with Crippen LogP contribution in [-0.2, 0) is 0 Å². The lowest BCUT2D eigenvalue weighted by atomic mass is 10.2. The lowest BCUT2D eigenvalue weighted by molar-refractivity contribution is 0.588. The SMILES string of the molecule is Fc1ccc(P(c2ccc3ccccc3n2)c2ccc(F)cc2F)c(F)c1. The lowest BCUT2D eigenvalue weighted by Gasteiger charge is -2.20. The van der Waals surface area contributed by atoms with Gasteiger partial charge in [-0.2, -0.15) is 0 Å². The van der Waals surface area contributed by atoms with Crippen molar-refractivity contribution in [2.75, 3.05) is 0 Å². The third kappa shape index (κ3) is 3.43. The molecular formula is C21H12F4NP. The summed E-state index contributed by atoms with van der Waals surface area (Å²) in [5, 5.41) is 1.13. The summed E-state index contributed by atoms with van der Waals surface area (Å²) in [7, 11) is -1.78. The highest BCUT2D eigenvalue weighted by atomic mass is 31.1. The predicted molar refractivity (Wildman–Crippen MR) is 100 cm³/mol. The van der Waals surface area contributed by atoms with Crippen molar-refractivity contribution in [2.45, 2.75) is 0 Å². The Morgan fingerprint density at radius 1 is 0.630 bits per heavy atom. The van der Waals surface area contributed by atoms with Crippen molar-refractivity contribution >= 4 is 34.9 Å². The molecule has 4 rings (SSSR count). The Hall–Kier alpha value is -2.78. The van der Waals surface area contributed by atoms with E-state index >= 15 is 0 Å². The van der Waals surface area contributed by atoms with Gasteiger partial charge in [-0.3, -0.25) is 0 Å². The maximum atomic E-state index is 14.5. The Morgan fingerprint density at radius 2 is 1.22 bits per heavy atom. The van der Waals surface area contributed by atoms with Gasteiger partial charge in [0.25, 0.3) is 0 Å². The molecule has 134 valence electrons. The fraction of sp³-hybridized carbons (Fsp3) is 0. The van der Waals surface area contributed by atoms with Crippen LogP contribution < -0.4 is 16.0 Å². The number of halogens is 4. The van der Waals surface area contributed by atoms with Crippen molar-refractivity contribution in [2.24, 2.45) is 0 Å². The Morgan fingerprint density at radius 3 is 1.81 bits per heavy atom. The van der Waals surface area contributed by atoms with E-state index in [1.807, 2.05) is 24.3 Å². The minimum absolute atomic E-state index is 0.125. The highest BCUT2D eigenvalue weighted by Gasteiger charge is 2.25. The van der Waals surface area contributed by atoms with Crippen molar-refractivity contribution in [1.29, 1.82) is 0 Å². The summed E-state index contributed by atoms with van der Waals surface area (Å²) >= 11 is 0. The zero-order valence-electron chi connectivity index (χ0n) is 13.8. The van der Waals surface area contributed by atoms with Gasteiger partial charge in [-0.1, -0.05) is 24.3 Å². The fourth-order valence-corrected chi connectivity index (χ4v) is 5.07. The van der Waals surface area contributed by atoms with Gasteiger partial charge in [0, 0.05) is 36.0 Å². The molecule has 0 N–H and O–H groups in total. The van der Waals surface area contributed by atoms with Gasteiger partial charge in [-0.15, -0.1) is 0 Å². The second-order valence-corrected chi connectivity index (χ2v) is 7.98. The Kier molecular flexibility index (Phi) is 4.63. The van der Waals surface area contributed by atoms with Gasteiger partial charge in [-0.05, 0) is 36.4 Å². The molecule has 0 saturated heterocycles. The van der Waals surface area contributed by atoms with Crippen LogP contribution in [0.25, 0.3) is 10.9 Å². The molecule has 0 unspecified atom stereocenters. The van der Waals surface area contributed by atoms with Crippen LogP contribution in [0, 0.1) is 23.3 Å². The fourth-order valence-electron chi connectivity index (χ4n) is 2.88.